The Morgan fingerprint density at radius 3 is 2.31 bits per heavy atom. The van der Waals surface area contributed by atoms with Crippen molar-refractivity contribution >= 4 is 18.0 Å². The number of carbonyl (C=O) groups excluding carboxylic acids is 2. The monoisotopic (exact) mass is 436 g/mol. The first-order valence-electron chi connectivity index (χ1n) is 10.4. The Balaban J connectivity index is 1.31. The van der Waals surface area contributed by atoms with E-state index in [4.69, 9.17) is 9.84 Å². The second kappa shape index (κ2) is 9.65. The molecule has 0 radical (unpaired) electrons. The van der Waals surface area contributed by atoms with E-state index in [-0.39, 0.29) is 18.6 Å². The summed E-state index contributed by atoms with van der Waals surface area (Å²) in [4.78, 5) is 39.7. The van der Waals surface area contributed by atoms with Gasteiger partial charge in [-0.05, 0) is 35.1 Å². The molecule has 2 aliphatic carbocycles. The van der Waals surface area contributed by atoms with Crippen molar-refractivity contribution in [1.29, 1.82) is 0 Å². The molecule has 3 N–H and O–H groups in total. The van der Waals surface area contributed by atoms with Gasteiger partial charge in [0.05, 0.1) is 6.04 Å². The maximum absolute atomic E-state index is 12.5. The van der Waals surface area contributed by atoms with Gasteiger partial charge in [0, 0.05) is 11.8 Å². The molecule has 0 saturated heterocycles. The fourth-order valence-electron chi connectivity index (χ4n) is 4.25. The highest BCUT2D eigenvalue weighted by atomic mass is 16.7. The van der Waals surface area contributed by atoms with Crippen LogP contribution in [0.1, 0.15) is 29.9 Å². The number of nitrogens with one attached hydrogen (secondary N) is 2. The van der Waals surface area contributed by atoms with Gasteiger partial charge in [-0.3, -0.25) is 9.63 Å². The Kier molecular flexibility index (Phi) is 6.51. The summed E-state index contributed by atoms with van der Waals surface area (Å²) in [7, 11) is 0. The summed E-state index contributed by atoms with van der Waals surface area (Å²) in [5, 5.41) is 11.4. The number of benzene rings is 2. The fourth-order valence-corrected chi connectivity index (χ4v) is 4.25. The molecule has 2 amide bonds. The lowest BCUT2D eigenvalue weighted by Gasteiger charge is -2.24. The molecule has 0 heterocycles. The molecule has 2 aromatic carbocycles. The number of rotatable bonds is 7. The number of hydrogen-bond acceptors (Lipinski definition) is 5. The van der Waals surface area contributed by atoms with Gasteiger partial charge in [0.1, 0.15) is 6.61 Å². The van der Waals surface area contributed by atoms with Crippen molar-refractivity contribution in [1.82, 2.24) is 10.8 Å². The molecule has 2 aromatic rings. The summed E-state index contributed by atoms with van der Waals surface area (Å²) in [6.07, 6.45) is 3.92. The van der Waals surface area contributed by atoms with E-state index < -0.39 is 30.5 Å². The van der Waals surface area contributed by atoms with Crippen molar-refractivity contribution < 1.29 is 29.1 Å². The van der Waals surface area contributed by atoms with Gasteiger partial charge in [0.15, 0.2) is 6.61 Å². The smallest absolute Gasteiger partial charge is 0.407 e. The zero-order valence-electron chi connectivity index (χ0n) is 17.3. The molecule has 0 fully saturated rings. The number of ether oxygens (including phenoxy) is 1. The maximum atomic E-state index is 12.5. The average molecular weight is 436 g/mol. The third-order valence-electron chi connectivity index (χ3n) is 5.71. The highest BCUT2D eigenvalue weighted by Gasteiger charge is 2.30. The van der Waals surface area contributed by atoms with Crippen LogP contribution >= 0.6 is 0 Å². The molecular weight excluding hydrogens is 412 g/mol. The molecule has 4 rings (SSSR count). The van der Waals surface area contributed by atoms with Crippen LogP contribution in [-0.4, -0.2) is 42.3 Å². The molecule has 2 atom stereocenters. The summed E-state index contributed by atoms with van der Waals surface area (Å²) >= 11 is 0. The van der Waals surface area contributed by atoms with E-state index in [1.54, 1.807) is 6.08 Å². The minimum Gasteiger partial charge on any atom is -0.479 e. The summed E-state index contributed by atoms with van der Waals surface area (Å²) in [6, 6.07) is 15.9. The molecule has 0 saturated carbocycles. The third kappa shape index (κ3) is 4.81. The van der Waals surface area contributed by atoms with Gasteiger partial charge >= 0.3 is 12.1 Å². The van der Waals surface area contributed by atoms with Crippen LogP contribution in [0, 0.1) is 5.92 Å². The number of hydrogen-bond donors (Lipinski definition) is 3. The molecule has 0 bridgehead atoms. The Hall–Kier alpha value is -3.65. The zero-order chi connectivity index (χ0) is 22.5. The largest absolute Gasteiger partial charge is 0.479 e. The van der Waals surface area contributed by atoms with Crippen LogP contribution in [0.4, 0.5) is 4.79 Å². The molecule has 2 aliphatic rings. The average Bonchev–Trinajstić information content (AvgIpc) is 3.11. The second-order valence-corrected chi connectivity index (χ2v) is 7.82. The van der Waals surface area contributed by atoms with Gasteiger partial charge in [0.2, 0.25) is 5.91 Å². The van der Waals surface area contributed by atoms with Crippen molar-refractivity contribution in [3.63, 3.8) is 0 Å². The van der Waals surface area contributed by atoms with Crippen LogP contribution in [0.15, 0.2) is 60.7 Å². The lowest BCUT2D eigenvalue weighted by atomic mass is 9.90. The number of aliphatic carboxylic acids is 1. The Morgan fingerprint density at radius 2 is 1.66 bits per heavy atom. The lowest BCUT2D eigenvalue weighted by molar-refractivity contribution is -0.150. The van der Waals surface area contributed by atoms with Crippen molar-refractivity contribution in [2.45, 2.75) is 24.8 Å². The van der Waals surface area contributed by atoms with Crippen molar-refractivity contribution in [2.24, 2.45) is 5.92 Å². The number of amides is 2. The number of alkyl carbamates (subject to hydrolysis) is 1. The van der Waals surface area contributed by atoms with E-state index in [0.717, 1.165) is 22.3 Å². The predicted molar refractivity (Wildman–Crippen MR) is 116 cm³/mol. The van der Waals surface area contributed by atoms with Crippen LogP contribution in [0.25, 0.3) is 11.1 Å². The van der Waals surface area contributed by atoms with Crippen LogP contribution in [0.3, 0.4) is 0 Å². The number of hydroxylamine groups is 1. The molecule has 0 aliphatic heterocycles. The van der Waals surface area contributed by atoms with E-state index in [2.05, 4.69) is 39.9 Å². The quantitative estimate of drug-likeness (QED) is 0.454. The molecule has 8 heteroatoms. The van der Waals surface area contributed by atoms with Crippen LogP contribution < -0.4 is 10.8 Å². The predicted octanol–water partition coefficient (Wildman–Crippen LogP) is 2.99. The molecular formula is C24H24N2O6. The van der Waals surface area contributed by atoms with Gasteiger partial charge in [-0.15, -0.1) is 0 Å². The van der Waals surface area contributed by atoms with Gasteiger partial charge in [-0.1, -0.05) is 60.7 Å². The number of carbonyl (C=O) groups is 3. The Labute approximate surface area is 185 Å². The highest BCUT2D eigenvalue weighted by Crippen LogP contribution is 2.44. The highest BCUT2D eigenvalue weighted by molar-refractivity contribution is 5.80. The minimum absolute atomic E-state index is 0.0278. The topological polar surface area (TPSA) is 114 Å². The lowest BCUT2D eigenvalue weighted by Crippen LogP contribution is -2.41. The van der Waals surface area contributed by atoms with Gasteiger partial charge in [-0.2, -0.15) is 0 Å². The van der Waals surface area contributed by atoms with Crippen molar-refractivity contribution in [3.05, 3.63) is 71.8 Å². The van der Waals surface area contributed by atoms with Crippen LogP contribution in [-0.2, 0) is 19.2 Å². The fraction of sp³-hybridized carbons (Fsp3) is 0.292. The van der Waals surface area contributed by atoms with E-state index in [0.29, 0.717) is 12.8 Å². The molecule has 0 aromatic heterocycles. The van der Waals surface area contributed by atoms with E-state index >= 15 is 0 Å². The number of allylic oxidation sites excluding steroid dienone is 1. The minimum atomic E-state index is -1.18. The molecule has 166 valence electrons. The van der Waals surface area contributed by atoms with E-state index in [1.807, 2.05) is 30.3 Å². The molecule has 8 nitrogen and oxygen atoms in total. The van der Waals surface area contributed by atoms with Crippen LogP contribution in [0.2, 0.25) is 0 Å². The van der Waals surface area contributed by atoms with Gasteiger partial charge in [0.25, 0.3) is 0 Å². The number of carboxylic acids is 1. The Bertz CT molecular complexity index is 1000. The standard InChI is InChI=1S/C24H24N2O6/c27-22(28)14-32-26-23(29)15-6-5-7-16(12-15)25-24(30)31-13-21-19-10-3-1-8-17(19)18-9-2-4-11-20(18)21/h1-5,7-11,15-16,21H,6,12-14H2,(H,25,30)(H,26,29)(H,27,28)/t15-,16-/m1/s1. The molecule has 0 spiro atoms. The normalized spacial score (nSPS) is 19.0. The van der Waals surface area contributed by atoms with Crippen molar-refractivity contribution in [2.75, 3.05) is 13.2 Å². The first-order chi connectivity index (χ1) is 15.5. The van der Waals surface area contributed by atoms with Crippen molar-refractivity contribution in [3.8, 4) is 11.1 Å². The third-order valence-corrected chi connectivity index (χ3v) is 5.71. The van der Waals surface area contributed by atoms with Gasteiger partial charge in [-0.25, -0.2) is 15.1 Å². The maximum Gasteiger partial charge on any atom is 0.407 e. The summed E-state index contributed by atoms with van der Waals surface area (Å²) in [5.74, 6) is -2.06. The molecule has 0 unspecified atom stereocenters. The first-order valence-corrected chi connectivity index (χ1v) is 10.4. The van der Waals surface area contributed by atoms with Crippen LogP contribution in [0.5, 0.6) is 0 Å². The SMILES string of the molecule is O=C(O)CONC(=O)[C@@H]1CC=C[C@@H](NC(=O)OCC2c3ccccc3-c3ccccc32)C1. The summed E-state index contributed by atoms with van der Waals surface area (Å²) < 4.78 is 5.55. The molecule has 32 heavy (non-hydrogen) atoms. The van der Waals surface area contributed by atoms with Gasteiger partial charge < -0.3 is 15.2 Å². The first kappa shape index (κ1) is 21.6. The second-order valence-electron chi connectivity index (χ2n) is 7.82. The summed E-state index contributed by atoms with van der Waals surface area (Å²) in [6.45, 7) is -0.404. The number of fused-ring (bicyclic) bond motifs is 3. The van der Waals surface area contributed by atoms with E-state index in [1.165, 1.54) is 0 Å². The number of carboxylic acid groups (broad SMARTS) is 1. The summed E-state index contributed by atoms with van der Waals surface area (Å²) in [5.41, 5.74) is 6.73. The van der Waals surface area contributed by atoms with E-state index in [9.17, 15) is 14.4 Å². The zero-order valence-corrected chi connectivity index (χ0v) is 17.3. The Morgan fingerprint density at radius 1 is 1.00 bits per heavy atom.